The Balaban J connectivity index is 1.66. The highest BCUT2D eigenvalue weighted by Gasteiger charge is 2.18. The van der Waals surface area contributed by atoms with Gasteiger partial charge in [0.05, 0.1) is 12.2 Å². The van der Waals surface area contributed by atoms with E-state index in [1.165, 1.54) is 18.5 Å². The smallest absolute Gasteiger partial charge is 0.193 e. The van der Waals surface area contributed by atoms with Gasteiger partial charge in [0.2, 0.25) is 0 Å². The molecule has 1 aliphatic rings. The topological polar surface area (TPSA) is 44.9 Å². The summed E-state index contributed by atoms with van der Waals surface area (Å²) in [5, 5.41) is 3.45. The molecule has 1 N–H and O–H groups in total. The van der Waals surface area contributed by atoms with Crippen molar-refractivity contribution in [3.05, 3.63) is 35.8 Å². The number of aromatic nitrogens is 2. The molecule has 0 unspecified atom stereocenters. The second-order valence-electron chi connectivity index (χ2n) is 6.20. The predicted octanol–water partition coefficient (Wildman–Crippen LogP) is 2.45. The van der Waals surface area contributed by atoms with Gasteiger partial charge in [-0.05, 0) is 37.8 Å². The molecule has 0 aliphatic carbocycles. The van der Waals surface area contributed by atoms with E-state index >= 15 is 0 Å². The maximum atomic E-state index is 4.66. The van der Waals surface area contributed by atoms with Crippen LogP contribution < -0.4 is 5.32 Å². The van der Waals surface area contributed by atoms with E-state index in [4.69, 9.17) is 0 Å². The summed E-state index contributed by atoms with van der Waals surface area (Å²) in [5.74, 6) is 1.82. The maximum absolute atomic E-state index is 4.66. The molecule has 1 fully saturated rings. The molecule has 1 aliphatic heterocycles. The third kappa shape index (κ3) is 3.08. The molecule has 0 amide bonds. The standard InChI is InChI=1S/C17H25N5/c1-13-7-9-21(10-8-13)17(18-3)19-11-15-12-22-14(2)5-4-6-16(22)20-15/h4-6,12-13H,7-11H2,1-3H3,(H,18,19). The van der Waals surface area contributed by atoms with Gasteiger partial charge in [0, 0.05) is 32.0 Å². The fourth-order valence-corrected chi connectivity index (χ4v) is 3.01. The van der Waals surface area contributed by atoms with Crippen LogP contribution in [0, 0.1) is 12.8 Å². The van der Waals surface area contributed by atoms with E-state index in [0.29, 0.717) is 6.54 Å². The molecule has 2 aromatic heterocycles. The molecule has 2 aromatic rings. The summed E-state index contributed by atoms with van der Waals surface area (Å²) < 4.78 is 2.13. The molecular weight excluding hydrogens is 274 g/mol. The fraction of sp³-hybridized carbons (Fsp3) is 0.529. The van der Waals surface area contributed by atoms with Crippen LogP contribution in [0.2, 0.25) is 0 Å². The van der Waals surface area contributed by atoms with Crippen molar-refractivity contribution in [1.82, 2.24) is 19.6 Å². The number of piperidine rings is 1. The minimum Gasteiger partial charge on any atom is -0.351 e. The van der Waals surface area contributed by atoms with Gasteiger partial charge >= 0.3 is 0 Å². The monoisotopic (exact) mass is 299 g/mol. The van der Waals surface area contributed by atoms with Crippen molar-refractivity contribution in [3.63, 3.8) is 0 Å². The molecule has 3 heterocycles. The average molecular weight is 299 g/mol. The number of fused-ring (bicyclic) bond motifs is 1. The number of pyridine rings is 1. The summed E-state index contributed by atoms with van der Waals surface area (Å²) in [6.45, 7) is 7.31. The number of likely N-dealkylation sites (tertiary alicyclic amines) is 1. The Morgan fingerprint density at radius 1 is 1.36 bits per heavy atom. The van der Waals surface area contributed by atoms with Crippen molar-refractivity contribution in [2.45, 2.75) is 33.2 Å². The van der Waals surface area contributed by atoms with Gasteiger partial charge in [-0.3, -0.25) is 4.99 Å². The van der Waals surface area contributed by atoms with Crippen LogP contribution in [0.15, 0.2) is 29.4 Å². The first-order valence-corrected chi connectivity index (χ1v) is 8.06. The van der Waals surface area contributed by atoms with Crippen LogP contribution in [-0.2, 0) is 6.54 Å². The van der Waals surface area contributed by atoms with E-state index in [2.05, 4.69) is 50.7 Å². The summed E-state index contributed by atoms with van der Waals surface area (Å²) >= 11 is 0. The lowest BCUT2D eigenvalue weighted by atomic mass is 10.00. The van der Waals surface area contributed by atoms with Gasteiger partial charge in [-0.15, -0.1) is 0 Å². The quantitative estimate of drug-likeness (QED) is 0.684. The number of nitrogens with zero attached hydrogens (tertiary/aromatic N) is 4. The minimum absolute atomic E-state index is 0.708. The Morgan fingerprint density at radius 2 is 2.14 bits per heavy atom. The number of hydrogen-bond acceptors (Lipinski definition) is 2. The SMILES string of the molecule is CN=C(NCc1cn2c(C)cccc2n1)N1CCC(C)CC1. The molecule has 5 heteroatoms. The zero-order chi connectivity index (χ0) is 15.5. The molecule has 5 nitrogen and oxygen atoms in total. The van der Waals surface area contributed by atoms with Crippen molar-refractivity contribution in [1.29, 1.82) is 0 Å². The van der Waals surface area contributed by atoms with Gasteiger partial charge in [0.25, 0.3) is 0 Å². The normalized spacial score (nSPS) is 17.2. The highest BCUT2D eigenvalue weighted by molar-refractivity contribution is 5.79. The Morgan fingerprint density at radius 3 is 2.82 bits per heavy atom. The zero-order valence-electron chi connectivity index (χ0n) is 13.7. The lowest BCUT2D eigenvalue weighted by molar-refractivity contribution is 0.273. The lowest BCUT2D eigenvalue weighted by Gasteiger charge is -2.32. The van der Waals surface area contributed by atoms with E-state index < -0.39 is 0 Å². The molecule has 0 aromatic carbocycles. The first kappa shape index (κ1) is 14.9. The molecule has 1 saturated heterocycles. The fourth-order valence-electron chi connectivity index (χ4n) is 3.01. The van der Waals surface area contributed by atoms with E-state index in [-0.39, 0.29) is 0 Å². The number of aliphatic imine (C=N–C) groups is 1. The Hall–Kier alpha value is -2.04. The van der Waals surface area contributed by atoms with Gasteiger partial charge in [0.15, 0.2) is 5.96 Å². The van der Waals surface area contributed by atoms with Gasteiger partial charge in [-0.25, -0.2) is 4.98 Å². The van der Waals surface area contributed by atoms with E-state index in [1.54, 1.807) is 0 Å². The molecule has 118 valence electrons. The first-order chi connectivity index (χ1) is 10.7. The van der Waals surface area contributed by atoms with Gasteiger partial charge in [-0.2, -0.15) is 0 Å². The van der Waals surface area contributed by atoms with E-state index in [9.17, 15) is 0 Å². The summed E-state index contributed by atoms with van der Waals surface area (Å²) in [6.07, 6.45) is 4.59. The minimum atomic E-state index is 0.708. The second kappa shape index (κ2) is 6.38. The van der Waals surface area contributed by atoms with E-state index in [1.807, 2.05) is 19.2 Å². The molecule has 0 saturated carbocycles. The van der Waals surface area contributed by atoms with Crippen LogP contribution in [0.25, 0.3) is 5.65 Å². The number of guanidine groups is 1. The highest BCUT2D eigenvalue weighted by Crippen LogP contribution is 2.16. The molecule has 3 rings (SSSR count). The van der Waals surface area contributed by atoms with Crippen LogP contribution in [0.4, 0.5) is 0 Å². The number of imidazole rings is 1. The molecule has 0 bridgehead atoms. The zero-order valence-corrected chi connectivity index (χ0v) is 13.7. The third-order valence-electron chi connectivity index (χ3n) is 4.47. The molecule has 0 spiro atoms. The Kier molecular flexibility index (Phi) is 4.32. The maximum Gasteiger partial charge on any atom is 0.193 e. The summed E-state index contributed by atoms with van der Waals surface area (Å²) in [6, 6.07) is 6.18. The predicted molar refractivity (Wildman–Crippen MR) is 90.1 cm³/mol. The van der Waals surface area contributed by atoms with E-state index in [0.717, 1.165) is 36.3 Å². The summed E-state index contributed by atoms with van der Waals surface area (Å²) in [5.41, 5.74) is 3.24. The lowest BCUT2D eigenvalue weighted by Crippen LogP contribution is -2.45. The molecule has 0 radical (unpaired) electrons. The average Bonchev–Trinajstić information content (AvgIpc) is 2.94. The second-order valence-corrected chi connectivity index (χ2v) is 6.20. The number of aryl methyl sites for hydroxylation is 1. The Labute approximate surface area is 132 Å². The third-order valence-corrected chi connectivity index (χ3v) is 4.47. The van der Waals surface area contributed by atoms with Crippen molar-refractivity contribution in [3.8, 4) is 0 Å². The molecule has 0 atom stereocenters. The van der Waals surface area contributed by atoms with Crippen molar-refractivity contribution in [2.75, 3.05) is 20.1 Å². The molecular formula is C17H25N5. The van der Waals surface area contributed by atoms with Crippen LogP contribution in [0.1, 0.15) is 31.2 Å². The van der Waals surface area contributed by atoms with Crippen LogP contribution >= 0.6 is 0 Å². The van der Waals surface area contributed by atoms with Gasteiger partial charge in [0.1, 0.15) is 5.65 Å². The highest BCUT2D eigenvalue weighted by atomic mass is 15.3. The number of rotatable bonds is 2. The number of hydrogen-bond donors (Lipinski definition) is 1. The van der Waals surface area contributed by atoms with Crippen molar-refractivity contribution < 1.29 is 0 Å². The van der Waals surface area contributed by atoms with Gasteiger partial charge in [-0.1, -0.05) is 13.0 Å². The summed E-state index contributed by atoms with van der Waals surface area (Å²) in [7, 11) is 1.86. The van der Waals surface area contributed by atoms with Crippen LogP contribution in [0.3, 0.4) is 0 Å². The van der Waals surface area contributed by atoms with Crippen LogP contribution in [0.5, 0.6) is 0 Å². The Bertz CT molecular complexity index is 665. The van der Waals surface area contributed by atoms with Crippen molar-refractivity contribution >= 4 is 11.6 Å². The largest absolute Gasteiger partial charge is 0.351 e. The molecule has 22 heavy (non-hydrogen) atoms. The van der Waals surface area contributed by atoms with Gasteiger partial charge < -0.3 is 14.6 Å². The number of nitrogens with one attached hydrogen (secondary N) is 1. The van der Waals surface area contributed by atoms with Crippen LogP contribution in [-0.4, -0.2) is 40.4 Å². The first-order valence-electron chi connectivity index (χ1n) is 8.06. The summed E-state index contributed by atoms with van der Waals surface area (Å²) in [4.78, 5) is 11.4. The van der Waals surface area contributed by atoms with Crippen molar-refractivity contribution in [2.24, 2.45) is 10.9 Å².